The molecule has 4 aromatic rings. The van der Waals surface area contributed by atoms with E-state index < -0.39 is 0 Å². The Labute approximate surface area is 253 Å². The molecule has 0 amide bonds. The van der Waals surface area contributed by atoms with Crippen LogP contribution in [0.5, 0.6) is 23.0 Å². The highest BCUT2D eigenvalue weighted by molar-refractivity contribution is 5.56. The Balaban J connectivity index is 1.72. The molecule has 0 saturated carbocycles. The van der Waals surface area contributed by atoms with E-state index in [0.717, 1.165) is 15.9 Å². The molecule has 0 aliphatic rings. The standard InChI is InChI=1S/C29H31N11O4/c1-20-9-15-28(43-4)26(17-20)33-36-40(35-31-22-7-6-8-24(18-22)41-2)38-37-39(23-12-10-21(30)11-13-23)34-32-27-19-25(42-3)14-16-29(27)44-5/h6-19H,30H2,1-5H3. The first-order valence-electron chi connectivity index (χ1n) is 13.1. The Kier molecular flexibility index (Phi) is 10.7. The Morgan fingerprint density at radius 1 is 0.568 bits per heavy atom. The maximum absolute atomic E-state index is 5.89. The fourth-order valence-electron chi connectivity index (χ4n) is 3.55. The number of methoxy groups -OCH3 is 4. The van der Waals surface area contributed by atoms with Crippen molar-refractivity contribution in [3.63, 3.8) is 0 Å². The van der Waals surface area contributed by atoms with Crippen LogP contribution >= 0.6 is 0 Å². The zero-order valence-electron chi connectivity index (χ0n) is 24.8. The van der Waals surface area contributed by atoms with Gasteiger partial charge in [-0.15, -0.1) is 20.5 Å². The predicted molar refractivity (Wildman–Crippen MR) is 164 cm³/mol. The summed E-state index contributed by atoms with van der Waals surface area (Å²) in [4.78, 5) is 0. The summed E-state index contributed by atoms with van der Waals surface area (Å²) in [5, 5.41) is 35.5. The van der Waals surface area contributed by atoms with E-state index in [0.29, 0.717) is 51.4 Å². The molecule has 0 aliphatic carbocycles. The second-order valence-electron chi connectivity index (χ2n) is 8.81. The summed E-state index contributed by atoms with van der Waals surface area (Å²) in [7, 11) is 6.17. The molecule has 0 spiro atoms. The largest absolute Gasteiger partial charge is 0.497 e. The maximum atomic E-state index is 5.89. The summed E-state index contributed by atoms with van der Waals surface area (Å²) in [5.74, 6) is 2.14. The summed E-state index contributed by atoms with van der Waals surface area (Å²) >= 11 is 0. The summed E-state index contributed by atoms with van der Waals surface area (Å²) in [6.07, 6.45) is 0. The molecule has 0 atom stereocenters. The van der Waals surface area contributed by atoms with E-state index in [1.165, 1.54) is 14.2 Å². The minimum Gasteiger partial charge on any atom is -0.497 e. The minimum atomic E-state index is 0.392. The topological polar surface area (TPSA) is 168 Å². The van der Waals surface area contributed by atoms with Crippen LogP contribution in [0.15, 0.2) is 126 Å². The van der Waals surface area contributed by atoms with Crippen molar-refractivity contribution in [3.05, 3.63) is 90.5 Å². The molecule has 15 heteroatoms. The van der Waals surface area contributed by atoms with E-state index in [1.807, 2.05) is 13.0 Å². The van der Waals surface area contributed by atoms with Crippen molar-refractivity contribution in [2.75, 3.05) is 39.3 Å². The van der Waals surface area contributed by atoms with Gasteiger partial charge in [0.15, 0.2) is 0 Å². The number of ether oxygens (including phenoxy) is 4. The van der Waals surface area contributed by atoms with Crippen LogP contribution in [-0.2, 0) is 0 Å². The molecule has 2 N–H and O–H groups in total. The van der Waals surface area contributed by atoms with E-state index in [9.17, 15) is 0 Å². The highest BCUT2D eigenvalue weighted by atomic mass is 16.5. The van der Waals surface area contributed by atoms with Gasteiger partial charge in [-0.1, -0.05) is 12.1 Å². The summed E-state index contributed by atoms with van der Waals surface area (Å²) < 4.78 is 21.4. The zero-order chi connectivity index (χ0) is 31.3. The van der Waals surface area contributed by atoms with Crippen LogP contribution in [0.2, 0.25) is 0 Å². The van der Waals surface area contributed by atoms with Gasteiger partial charge in [0.25, 0.3) is 0 Å². The minimum absolute atomic E-state index is 0.392. The quantitative estimate of drug-likeness (QED) is 0.0922. The van der Waals surface area contributed by atoms with Gasteiger partial charge in [0.1, 0.15) is 34.4 Å². The highest BCUT2D eigenvalue weighted by Crippen LogP contribution is 2.33. The lowest BCUT2D eigenvalue weighted by Crippen LogP contribution is -2.08. The van der Waals surface area contributed by atoms with E-state index in [1.54, 1.807) is 93.1 Å². The van der Waals surface area contributed by atoms with E-state index in [4.69, 9.17) is 24.7 Å². The SMILES string of the molecule is COc1cccc(N=NN(N=Nc2cc(C)ccc2OC)N=NN(N=Nc2cc(OC)ccc2OC)c2ccc(N)cc2)c1. The Morgan fingerprint density at radius 3 is 1.91 bits per heavy atom. The van der Waals surface area contributed by atoms with Gasteiger partial charge in [0.2, 0.25) is 0 Å². The van der Waals surface area contributed by atoms with Crippen molar-refractivity contribution in [2.24, 2.45) is 41.5 Å². The number of benzene rings is 4. The van der Waals surface area contributed by atoms with Gasteiger partial charge in [0.05, 0.1) is 39.8 Å². The van der Waals surface area contributed by atoms with Crippen LogP contribution in [0.1, 0.15) is 5.56 Å². The molecule has 0 aliphatic heterocycles. The molecule has 0 unspecified atom stereocenters. The number of rotatable bonds is 13. The molecule has 0 bridgehead atoms. The normalized spacial score (nSPS) is 11.5. The van der Waals surface area contributed by atoms with E-state index in [2.05, 4.69) is 41.5 Å². The first-order valence-corrected chi connectivity index (χ1v) is 13.1. The second-order valence-corrected chi connectivity index (χ2v) is 8.81. The predicted octanol–water partition coefficient (Wildman–Crippen LogP) is 8.10. The molecule has 44 heavy (non-hydrogen) atoms. The van der Waals surface area contributed by atoms with Gasteiger partial charge in [-0.2, -0.15) is 0 Å². The molecule has 226 valence electrons. The van der Waals surface area contributed by atoms with Gasteiger partial charge in [-0.05, 0) is 104 Å². The Hall–Kier alpha value is -6.12. The molecule has 15 nitrogen and oxygen atoms in total. The third kappa shape index (κ3) is 8.45. The molecule has 4 aromatic carbocycles. The van der Waals surface area contributed by atoms with Crippen molar-refractivity contribution in [1.29, 1.82) is 0 Å². The first kappa shape index (κ1) is 30.8. The second kappa shape index (κ2) is 15.2. The lowest BCUT2D eigenvalue weighted by atomic mass is 10.2. The number of nitrogens with zero attached hydrogens (tertiary/aromatic N) is 10. The van der Waals surface area contributed by atoms with Crippen LogP contribution in [0, 0.1) is 6.92 Å². The third-order valence-electron chi connectivity index (χ3n) is 5.81. The fourth-order valence-corrected chi connectivity index (χ4v) is 3.55. The molecule has 0 radical (unpaired) electrons. The Bertz CT molecular complexity index is 1660. The average Bonchev–Trinajstić information content (AvgIpc) is 3.06. The van der Waals surface area contributed by atoms with E-state index in [-0.39, 0.29) is 0 Å². The highest BCUT2D eigenvalue weighted by Gasteiger charge is 2.10. The first-order chi connectivity index (χ1) is 21.4. The lowest BCUT2D eigenvalue weighted by Gasteiger charge is -2.12. The van der Waals surface area contributed by atoms with Crippen molar-refractivity contribution < 1.29 is 18.9 Å². The number of hydrogen-bond donors (Lipinski definition) is 1. The fraction of sp³-hybridized carbons (Fsp3) is 0.172. The van der Waals surface area contributed by atoms with Gasteiger partial charge >= 0.3 is 0 Å². The molecule has 0 fully saturated rings. The molecular weight excluding hydrogens is 566 g/mol. The summed E-state index contributed by atoms with van der Waals surface area (Å²) in [5.41, 5.74) is 9.19. The monoisotopic (exact) mass is 597 g/mol. The molecular formula is C29H31N11O4. The van der Waals surface area contributed by atoms with Crippen LogP contribution in [0.4, 0.5) is 28.4 Å². The summed E-state index contributed by atoms with van der Waals surface area (Å²) in [6, 6.07) is 24.3. The van der Waals surface area contributed by atoms with Crippen molar-refractivity contribution >= 4 is 28.4 Å². The lowest BCUT2D eigenvalue weighted by molar-refractivity contribution is 0.254. The van der Waals surface area contributed by atoms with Gasteiger partial charge in [-0.3, -0.25) is 0 Å². The Morgan fingerprint density at radius 2 is 1.20 bits per heavy atom. The molecule has 0 saturated heterocycles. The van der Waals surface area contributed by atoms with Crippen LogP contribution in [0.3, 0.4) is 0 Å². The van der Waals surface area contributed by atoms with Gasteiger partial charge in [0, 0.05) is 17.8 Å². The number of anilines is 2. The number of aryl methyl sites for hydroxylation is 1. The smallest absolute Gasteiger partial charge is 0.146 e. The molecule has 4 rings (SSSR count). The zero-order valence-corrected chi connectivity index (χ0v) is 24.8. The third-order valence-corrected chi connectivity index (χ3v) is 5.81. The van der Waals surface area contributed by atoms with Crippen LogP contribution in [-0.4, -0.2) is 33.7 Å². The van der Waals surface area contributed by atoms with Gasteiger partial charge < -0.3 is 24.7 Å². The van der Waals surface area contributed by atoms with Crippen molar-refractivity contribution in [1.82, 2.24) is 5.23 Å². The van der Waals surface area contributed by atoms with Crippen molar-refractivity contribution in [2.45, 2.75) is 6.92 Å². The number of hydrogen-bond acceptors (Lipinski definition) is 13. The molecule has 0 heterocycles. The number of nitrogens with two attached hydrogens (primary N) is 1. The molecule has 0 aromatic heterocycles. The number of nitrogen functional groups attached to an aromatic ring is 1. The van der Waals surface area contributed by atoms with Crippen molar-refractivity contribution in [3.8, 4) is 23.0 Å². The average molecular weight is 598 g/mol. The van der Waals surface area contributed by atoms with Crippen LogP contribution in [0.25, 0.3) is 0 Å². The summed E-state index contributed by atoms with van der Waals surface area (Å²) in [6.45, 7) is 1.92. The maximum Gasteiger partial charge on any atom is 0.146 e. The van der Waals surface area contributed by atoms with E-state index >= 15 is 0 Å². The van der Waals surface area contributed by atoms with Gasteiger partial charge in [-0.25, -0.2) is 0 Å². The van der Waals surface area contributed by atoms with Crippen LogP contribution < -0.4 is 29.8 Å².